The molecule has 2 N–H and O–H groups in total. The first-order valence-electron chi connectivity index (χ1n) is 7.96. The molecular formula is C19H19N3O3S. The van der Waals surface area contributed by atoms with Gasteiger partial charge in [0.25, 0.3) is 5.91 Å². The first kappa shape index (κ1) is 18.0. The van der Waals surface area contributed by atoms with Crippen LogP contribution < -0.4 is 10.1 Å². The monoisotopic (exact) mass is 369 g/mol. The minimum Gasteiger partial charge on any atom is -0.612 e. The van der Waals surface area contributed by atoms with Crippen molar-refractivity contribution in [3.63, 3.8) is 0 Å². The number of nitrogens with zero attached hydrogens (tertiary/aromatic N) is 1. The third-order valence-corrected chi connectivity index (χ3v) is 4.91. The molecule has 0 radical (unpaired) electrons. The molecule has 0 saturated heterocycles. The molecular weight excluding hydrogens is 350 g/mol. The standard InChI is InChI=1S/C19H19N3O3S/c1-25-16-5-3-4-13(8-16)10-20-19(23)17-7-6-14(9-18(17)26(2)24)15-11-21-22-12-15/h3-9,11-12H,10H2,1-2H3,(H,20,23)(H,21,22). The van der Waals surface area contributed by atoms with E-state index in [4.69, 9.17) is 4.74 Å². The van der Waals surface area contributed by atoms with Gasteiger partial charge in [0.2, 0.25) is 0 Å². The van der Waals surface area contributed by atoms with E-state index in [1.807, 2.05) is 30.3 Å². The van der Waals surface area contributed by atoms with E-state index < -0.39 is 11.2 Å². The van der Waals surface area contributed by atoms with Crippen LogP contribution in [0.15, 0.2) is 59.8 Å². The van der Waals surface area contributed by atoms with Crippen LogP contribution in [0.5, 0.6) is 5.75 Å². The molecule has 1 amide bonds. The molecule has 134 valence electrons. The minimum atomic E-state index is -1.30. The van der Waals surface area contributed by atoms with Gasteiger partial charge in [0.15, 0.2) is 4.90 Å². The van der Waals surface area contributed by atoms with Crippen LogP contribution >= 0.6 is 0 Å². The molecule has 26 heavy (non-hydrogen) atoms. The summed E-state index contributed by atoms with van der Waals surface area (Å²) < 4.78 is 17.3. The van der Waals surface area contributed by atoms with Gasteiger partial charge < -0.3 is 14.6 Å². The minimum absolute atomic E-state index is 0.267. The largest absolute Gasteiger partial charge is 0.612 e. The van der Waals surface area contributed by atoms with E-state index in [2.05, 4.69) is 15.5 Å². The molecule has 2 aromatic carbocycles. The van der Waals surface area contributed by atoms with Crippen molar-refractivity contribution in [2.45, 2.75) is 11.4 Å². The van der Waals surface area contributed by atoms with Crippen LogP contribution in [0.4, 0.5) is 0 Å². The van der Waals surface area contributed by atoms with Crippen molar-refractivity contribution in [3.05, 3.63) is 66.0 Å². The maximum Gasteiger partial charge on any atom is 0.256 e. The summed E-state index contributed by atoms with van der Waals surface area (Å²) in [7, 11) is 1.60. The number of carbonyl (C=O) groups is 1. The number of aromatic amines is 1. The van der Waals surface area contributed by atoms with E-state index in [0.717, 1.165) is 22.4 Å². The van der Waals surface area contributed by atoms with Gasteiger partial charge in [-0.25, -0.2) is 0 Å². The normalized spacial score (nSPS) is 11.8. The number of amides is 1. The van der Waals surface area contributed by atoms with Crippen LogP contribution in [-0.4, -0.2) is 34.0 Å². The maximum atomic E-state index is 12.6. The molecule has 0 aliphatic heterocycles. The summed E-state index contributed by atoms with van der Waals surface area (Å²) in [6.07, 6.45) is 4.99. The zero-order valence-corrected chi connectivity index (χ0v) is 15.3. The second-order valence-electron chi connectivity index (χ2n) is 5.69. The first-order chi connectivity index (χ1) is 12.6. The molecule has 1 unspecified atom stereocenters. The number of H-pyrrole nitrogens is 1. The van der Waals surface area contributed by atoms with Crippen molar-refractivity contribution in [1.29, 1.82) is 0 Å². The average Bonchev–Trinajstić information content (AvgIpc) is 3.20. The third-order valence-electron chi connectivity index (χ3n) is 3.95. The van der Waals surface area contributed by atoms with Crippen LogP contribution in [-0.2, 0) is 17.7 Å². The zero-order valence-electron chi connectivity index (χ0n) is 14.5. The number of hydrogen-bond acceptors (Lipinski definition) is 4. The first-order valence-corrected chi connectivity index (χ1v) is 9.52. The molecule has 0 fully saturated rings. The Morgan fingerprint density at radius 2 is 2.12 bits per heavy atom. The van der Waals surface area contributed by atoms with E-state index >= 15 is 0 Å². The van der Waals surface area contributed by atoms with E-state index in [1.54, 1.807) is 37.9 Å². The van der Waals surface area contributed by atoms with Crippen molar-refractivity contribution in [2.24, 2.45) is 0 Å². The molecule has 0 bridgehead atoms. The molecule has 1 heterocycles. The summed E-state index contributed by atoms with van der Waals surface area (Å²) in [5.41, 5.74) is 3.06. The van der Waals surface area contributed by atoms with E-state index in [-0.39, 0.29) is 5.91 Å². The van der Waals surface area contributed by atoms with Gasteiger partial charge in [0.05, 0.1) is 18.9 Å². The summed E-state index contributed by atoms with van der Waals surface area (Å²) in [6.45, 7) is 0.356. The number of nitrogens with one attached hydrogen (secondary N) is 2. The lowest BCUT2D eigenvalue weighted by Crippen LogP contribution is -2.24. The highest BCUT2D eigenvalue weighted by Gasteiger charge is 2.19. The summed E-state index contributed by atoms with van der Waals surface area (Å²) in [6, 6.07) is 12.8. The second-order valence-corrected chi connectivity index (χ2v) is 7.03. The molecule has 1 aromatic heterocycles. The van der Waals surface area contributed by atoms with Crippen molar-refractivity contribution in [1.82, 2.24) is 15.5 Å². The average molecular weight is 369 g/mol. The quantitative estimate of drug-likeness (QED) is 0.654. The van der Waals surface area contributed by atoms with Crippen LogP contribution in [0, 0.1) is 0 Å². The molecule has 7 heteroatoms. The number of benzene rings is 2. The molecule has 1 atom stereocenters. The van der Waals surface area contributed by atoms with Crippen molar-refractivity contribution < 1.29 is 14.1 Å². The third kappa shape index (κ3) is 4.07. The fraction of sp³-hybridized carbons (Fsp3) is 0.158. The Balaban J connectivity index is 1.79. The predicted molar refractivity (Wildman–Crippen MR) is 101 cm³/mol. The molecule has 0 aliphatic rings. The van der Waals surface area contributed by atoms with Gasteiger partial charge in [-0.05, 0) is 40.5 Å². The number of hydrogen-bond donors (Lipinski definition) is 2. The number of aromatic nitrogens is 2. The fourth-order valence-electron chi connectivity index (χ4n) is 2.60. The Labute approximate surface area is 154 Å². The fourth-order valence-corrected chi connectivity index (χ4v) is 3.36. The zero-order chi connectivity index (χ0) is 18.5. The lowest BCUT2D eigenvalue weighted by molar-refractivity contribution is 0.0947. The smallest absolute Gasteiger partial charge is 0.256 e. The topological polar surface area (TPSA) is 90.1 Å². The number of methoxy groups -OCH3 is 1. The van der Waals surface area contributed by atoms with Gasteiger partial charge in [0, 0.05) is 24.4 Å². The Morgan fingerprint density at radius 1 is 1.27 bits per heavy atom. The van der Waals surface area contributed by atoms with E-state index in [9.17, 15) is 9.35 Å². The summed E-state index contributed by atoms with van der Waals surface area (Å²) in [5.74, 6) is 0.466. The summed E-state index contributed by atoms with van der Waals surface area (Å²) in [4.78, 5) is 13.1. The molecule has 3 aromatic rings. The highest BCUT2D eigenvalue weighted by molar-refractivity contribution is 7.90. The van der Waals surface area contributed by atoms with Gasteiger partial charge in [-0.2, -0.15) is 5.10 Å². The van der Waals surface area contributed by atoms with Gasteiger partial charge in [0.1, 0.15) is 12.0 Å². The number of rotatable bonds is 6. The van der Waals surface area contributed by atoms with Gasteiger partial charge in [-0.3, -0.25) is 9.89 Å². The molecule has 0 saturated carbocycles. The number of carbonyl (C=O) groups excluding carboxylic acids is 1. The summed E-state index contributed by atoms with van der Waals surface area (Å²) in [5, 5.41) is 9.53. The van der Waals surface area contributed by atoms with Gasteiger partial charge in [-0.15, -0.1) is 0 Å². The highest BCUT2D eigenvalue weighted by Crippen LogP contribution is 2.25. The lowest BCUT2D eigenvalue weighted by atomic mass is 10.1. The lowest BCUT2D eigenvalue weighted by Gasteiger charge is -2.12. The number of ether oxygens (including phenoxy) is 1. The van der Waals surface area contributed by atoms with Crippen molar-refractivity contribution in [3.8, 4) is 16.9 Å². The van der Waals surface area contributed by atoms with Crippen LogP contribution in [0.1, 0.15) is 15.9 Å². The summed E-state index contributed by atoms with van der Waals surface area (Å²) >= 11 is -1.30. The van der Waals surface area contributed by atoms with Crippen LogP contribution in [0.2, 0.25) is 0 Å². The van der Waals surface area contributed by atoms with Crippen LogP contribution in [0.3, 0.4) is 0 Å². The van der Waals surface area contributed by atoms with Crippen molar-refractivity contribution in [2.75, 3.05) is 13.4 Å². The van der Waals surface area contributed by atoms with E-state index in [1.165, 1.54) is 0 Å². The SMILES string of the molecule is COc1cccc(CNC(=O)c2ccc(-c3cn[nH]c3)cc2[S+](C)[O-])c1. The Hall–Kier alpha value is -2.77. The van der Waals surface area contributed by atoms with E-state index in [0.29, 0.717) is 17.0 Å². The Bertz CT molecular complexity index is 895. The maximum absolute atomic E-state index is 12.6. The van der Waals surface area contributed by atoms with Crippen LogP contribution in [0.25, 0.3) is 11.1 Å². The van der Waals surface area contributed by atoms with Gasteiger partial charge in [-0.1, -0.05) is 18.2 Å². The molecule has 0 aliphatic carbocycles. The molecule has 3 rings (SSSR count). The molecule has 0 spiro atoms. The van der Waals surface area contributed by atoms with Gasteiger partial charge >= 0.3 is 0 Å². The molecule has 6 nitrogen and oxygen atoms in total. The second kappa shape index (κ2) is 8.07. The predicted octanol–water partition coefficient (Wildman–Crippen LogP) is 2.75. The highest BCUT2D eigenvalue weighted by atomic mass is 32.2. The Kier molecular flexibility index (Phi) is 5.60. The Morgan fingerprint density at radius 3 is 2.81 bits per heavy atom. The van der Waals surface area contributed by atoms with Crippen molar-refractivity contribution >= 4 is 17.1 Å².